The minimum atomic E-state index is -0.636. The lowest BCUT2D eigenvalue weighted by Crippen LogP contribution is -2.57. The average Bonchev–Trinajstić information content (AvgIpc) is 3.37. The maximum absolute atomic E-state index is 13.5. The second-order valence-electron chi connectivity index (χ2n) is 10.3. The molecule has 2 atom stereocenters. The Morgan fingerprint density at radius 1 is 1.03 bits per heavy atom. The van der Waals surface area contributed by atoms with E-state index in [4.69, 9.17) is 14.1 Å². The van der Waals surface area contributed by atoms with E-state index in [-0.39, 0.29) is 35.4 Å². The van der Waals surface area contributed by atoms with Crippen LogP contribution in [0.1, 0.15) is 49.7 Å². The third-order valence-electron chi connectivity index (χ3n) is 7.08. The van der Waals surface area contributed by atoms with E-state index >= 15 is 0 Å². The molecule has 5 rings (SSSR count). The summed E-state index contributed by atoms with van der Waals surface area (Å²) < 4.78 is 25.4. The minimum absolute atomic E-state index is 0.110. The Hall–Kier alpha value is -4.20. The van der Waals surface area contributed by atoms with E-state index in [1.807, 2.05) is 57.2 Å². The van der Waals surface area contributed by atoms with E-state index in [2.05, 4.69) is 0 Å². The van der Waals surface area contributed by atoms with Crippen LogP contribution in [0, 0.1) is 5.82 Å². The number of amides is 2. The van der Waals surface area contributed by atoms with Crippen molar-refractivity contribution < 1.29 is 23.1 Å². The van der Waals surface area contributed by atoms with Crippen molar-refractivity contribution in [2.75, 3.05) is 19.6 Å². The van der Waals surface area contributed by atoms with Gasteiger partial charge in [0.05, 0.1) is 5.69 Å². The molecule has 1 saturated heterocycles. The molecule has 7 nitrogen and oxygen atoms in total. The molecule has 1 aliphatic rings. The summed E-state index contributed by atoms with van der Waals surface area (Å²) >= 11 is 0. The van der Waals surface area contributed by atoms with Crippen LogP contribution in [0.3, 0.4) is 0 Å². The minimum Gasteiger partial charge on any atom is -0.481 e. The van der Waals surface area contributed by atoms with Gasteiger partial charge in [-0.05, 0) is 62.2 Å². The fraction of sp³-hybridized carbons (Fsp3) is 0.323. The Balaban J connectivity index is 1.32. The second-order valence-corrected chi connectivity index (χ2v) is 10.3. The normalized spacial score (nSPS) is 16.5. The SMILES string of the molecule is CC(Oc1ccccc1)C(=O)N1CCN(C(=O)c2cc3nc(-c4ccc(F)cc4)cc(C(C)C)c3o2)C[C@@H]1C. The first-order valence-electron chi connectivity index (χ1n) is 13.2. The van der Waals surface area contributed by atoms with Crippen molar-refractivity contribution in [1.29, 1.82) is 0 Å². The van der Waals surface area contributed by atoms with Crippen LogP contribution < -0.4 is 4.74 Å². The number of halogens is 1. The van der Waals surface area contributed by atoms with Gasteiger partial charge in [-0.1, -0.05) is 32.0 Å². The Morgan fingerprint density at radius 3 is 2.41 bits per heavy atom. The predicted octanol–water partition coefficient (Wildman–Crippen LogP) is 5.90. The number of para-hydroxylation sites is 1. The number of carbonyl (C=O) groups is 2. The molecule has 8 heteroatoms. The molecule has 1 unspecified atom stereocenters. The van der Waals surface area contributed by atoms with Gasteiger partial charge in [0.1, 0.15) is 17.1 Å². The van der Waals surface area contributed by atoms with Crippen molar-refractivity contribution in [2.24, 2.45) is 0 Å². The molecule has 2 aromatic heterocycles. The number of nitrogens with zero attached hydrogens (tertiary/aromatic N) is 3. The number of fused-ring (bicyclic) bond motifs is 1. The van der Waals surface area contributed by atoms with Gasteiger partial charge in [0, 0.05) is 42.9 Å². The second kappa shape index (κ2) is 10.9. The topological polar surface area (TPSA) is 75.9 Å². The third-order valence-corrected chi connectivity index (χ3v) is 7.08. The molecule has 202 valence electrons. The lowest BCUT2D eigenvalue weighted by atomic mass is 10.00. The standard InChI is InChI=1S/C31H32FN3O4/c1-19(2)25-16-26(22-10-12-23(32)13-11-22)33-27-17-28(39-29(25)27)31(37)34-14-15-35(20(3)18-34)30(36)21(4)38-24-8-6-5-7-9-24/h5-13,16-17,19-21H,14-15,18H2,1-4H3/t20-,21?/m0/s1. The smallest absolute Gasteiger partial charge is 0.289 e. The summed E-state index contributed by atoms with van der Waals surface area (Å²) in [4.78, 5) is 34.8. The Labute approximate surface area is 227 Å². The number of pyridine rings is 1. The first kappa shape index (κ1) is 26.4. The van der Waals surface area contributed by atoms with E-state index in [0.29, 0.717) is 42.2 Å². The molecule has 0 N–H and O–H groups in total. The van der Waals surface area contributed by atoms with Gasteiger partial charge in [-0.15, -0.1) is 0 Å². The molecule has 0 saturated carbocycles. The number of carbonyl (C=O) groups excluding carboxylic acids is 2. The van der Waals surface area contributed by atoms with E-state index in [0.717, 1.165) is 11.1 Å². The van der Waals surface area contributed by atoms with Gasteiger partial charge in [-0.3, -0.25) is 9.59 Å². The molecule has 2 amide bonds. The quantitative estimate of drug-likeness (QED) is 0.311. The number of furan rings is 1. The molecule has 4 aromatic rings. The number of hydrogen-bond donors (Lipinski definition) is 0. The van der Waals surface area contributed by atoms with Crippen LogP contribution in [-0.4, -0.2) is 58.4 Å². The average molecular weight is 530 g/mol. The van der Waals surface area contributed by atoms with Gasteiger partial charge in [-0.2, -0.15) is 0 Å². The number of piperazine rings is 1. The monoisotopic (exact) mass is 529 g/mol. The van der Waals surface area contributed by atoms with Crippen molar-refractivity contribution in [3.8, 4) is 17.0 Å². The molecule has 39 heavy (non-hydrogen) atoms. The highest BCUT2D eigenvalue weighted by Crippen LogP contribution is 2.32. The van der Waals surface area contributed by atoms with Crippen molar-refractivity contribution in [3.05, 3.63) is 83.9 Å². The highest BCUT2D eigenvalue weighted by molar-refractivity contribution is 5.96. The zero-order valence-electron chi connectivity index (χ0n) is 22.6. The van der Waals surface area contributed by atoms with Crippen LogP contribution >= 0.6 is 0 Å². The van der Waals surface area contributed by atoms with Crippen LogP contribution in [0.2, 0.25) is 0 Å². The van der Waals surface area contributed by atoms with Crippen molar-refractivity contribution in [1.82, 2.24) is 14.8 Å². The molecule has 0 radical (unpaired) electrons. The lowest BCUT2D eigenvalue weighted by Gasteiger charge is -2.40. The Bertz CT molecular complexity index is 1480. The van der Waals surface area contributed by atoms with Gasteiger partial charge >= 0.3 is 0 Å². The van der Waals surface area contributed by atoms with E-state index in [9.17, 15) is 14.0 Å². The fourth-order valence-corrected chi connectivity index (χ4v) is 4.96. The Morgan fingerprint density at radius 2 is 1.74 bits per heavy atom. The molecule has 1 fully saturated rings. The number of rotatable bonds is 6. The zero-order chi connectivity index (χ0) is 27.7. The highest BCUT2D eigenvalue weighted by Gasteiger charge is 2.34. The number of hydrogen-bond acceptors (Lipinski definition) is 5. The number of aromatic nitrogens is 1. The van der Waals surface area contributed by atoms with E-state index < -0.39 is 6.10 Å². The van der Waals surface area contributed by atoms with Crippen LogP contribution in [0.5, 0.6) is 5.75 Å². The van der Waals surface area contributed by atoms with Gasteiger partial charge in [0.15, 0.2) is 17.4 Å². The molecular weight excluding hydrogens is 497 g/mol. The first-order chi connectivity index (χ1) is 18.7. The highest BCUT2D eigenvalue weighted by atomic mass is 19.1. The summed E-state index contributed by atoms with van der Waals surface area (Å²) in [5, 5.41) is 0. The Kier molecular flexibility index (Phi) is 7.37. The fourth-order valence-electron chi connectivity index (χ4n) is 4.96. The molecule has 0 aliphatic carbocycles. The molecule has 3 heterocycles. The van der Waals surface area contributed by atoms with Gasteiger partial charge in [0.2, 0.25) is 0 Å². The van der Waals surface area contributed by atoms with Gasteiger partial charge in [-0.25, -0.2) is 9.37 Å². The number of benzene rings is 2. The molecular formula is C31H32FN3O4. The van der Waals surface area contributed by atoms with Crippen LogP contribution in [0.25, 0.3) is 22.4 Å². The van der Waals surface area contributed by atoms with Gasteiger partial charge < -0.3 is 19.0 Å². The third kappa shape index (κ3) is 5.50. The van der Waals surface area contributed by atoms with Crippen molar-refractivity contribution >= 4 is 22.9 Å². The molecule has 0 spiro atoms. The summed E-state index contributed by atoms with van der Waals surface area (Å²) in [6.45, 7) is 8.94. The van der Waals surface area contributed by atoms with Crippen molar-refractivity contribution in [3.63, 3.8) is 0 Å². The summed E-state index contributed by atoms with van der Waals surface area (Å²) in [6.07, 6.45) is -0.636. The predicted molar refractivity (Wildman–Crippen MR) is 147 cm³/mol. The summed E-state index contributed by atoms with van der Waals surface area (Å²) in [5.41, 5.74) is 3.56. The van der Waals surface area contributed by atoms with Crippen molar-refractivity contribution in [2.45, 2.75) is 45.8 Å². The van der Waals surface area contributed by atoms with Crippen LogP contribution in [-0.2, 0) is 4.79 Å². The summed E-state index contributed by atoms with van der Waals surface area (Å²) in [6, 6.07) is 18.9. The van der Waals surface area contributed by atoms with Crippen LogP contribution in [0.15, 0.2) is 71.1 Å². The zero-order valence-corrected chi connectivity index (χ0v) is 22.6. The van der Waals surface area contributed by atoms with Crippen LogP contribution in [0.4, 0.5) is 4.39 Å². The lowest BCUT2D eigenvalue weighted by molar-refractivity contribution is -0.142. The molecule has 1 aliphatic heterocycles. The summed E-state index contributed by atoms with van der Waals surface area (Å²) in [5.74, 6) is 0.317. The summed E-state index contributed by atoms with van der Waals surface area (Å²) in [7, 11) is 0. The van der Waals surface area contributed by atoms with E-state index in [1.54, 1.807) is 34.9 Å². The first-order valence-corrected chi connectivity index (χ1v) is 13.2. The maximum Gasteiger partial charge on any atom is 0.289 e. The number of ether oxygens (including phenoxy) is 1. The maximum atomic E-state index is 13.5. The largest absolute Gasteiger partial charge is 0.481 e. The van der Waals surface area contributed by atoms with Gasteiger partial charge in [0.25, 0.3) is 11.8 Å². The van der Waals surface area contributed by atoms with E-state index in [1.165, 1.54) is 12.1 Å². The molecule has 2 aromatic carbocycles. The molecule has 0 bridgehead atoms.